The number of aromatic nitrogens is 2. The van der Waals surface area contributed by atoms with Crippen molar-refractivity contribution < 1.29 is 0 Å². The Kier molecular flexibility index (Phi) is 2.59. The molecule has 1 unspecified atom stereocenters. The molecular formula is C11H19N3. The number of hydrogen-bond donors (Lipinski definition) is 1. The highest BCUT2D eigenvalue weighted by atomic mass is 15.3. The summed E-state index contributed by atoms with van der Waals surface area (Å²) in [6, 6.07) is 0.975. The Labute approximate surface area is 85.5 Å². The Hall–Kier alpha value is -0.830. The van der Waals surface area contributed by atoms with Crippen LogP contribution >= 0.6 is 0 Å². The van der Waals surface area contributed by atoms with E-state index in [1.165, 1.54) is 18.4 Å². The summed E-state index contributed by atoms with van der Waals surface area (Å²) in [6.45, 7) is 4.31. The van der Waals surface area contributed by atoms with Gasteiger partial charge < -0.3 is 5.32 Å². The van der Waals surface area contributed by atoms with E-state index in [1.54, 1.807) is 0 Å². The van der Waals surface area contributed by atoms with E-state index < -0.39 is 0 Å². The van der Waals surface area contributed by atoms with E-state index in [-0.39, 0.29) is 0 Å². The second kappa shape index (κ2) is 3.73. The van der Waals surface area contributed by atoms with Gasteiger partial charge in [-0.3, -0.25) is 4.68 Å². The summed E-state index contributed by atoms with van der Waals surface area (Å²) in [5, 5.41) is 7.75. The minimum absolute atomic E-state index is 0.459. The average Bonchev–Trinajstić information content (AvgIpc) is 2.84. The van der Waals surface area contributed by atoms with Crippen LogP contribution in [0, 0.1) is 5.92 Å². The van der Waals surface area contributed by atoms with Crippen LogP contribution in [0.15, 0.2) is 12.4 Å². The zero-order valence-electron chi connectivity index (χ0n) is 9.20. The van der Waals surface area contributed by atoms with Crippen LogP contribution in [0.3, 0.4) is 0 Å². The third kappa shape index (κ3) is 1.82. The van der Waals surface area contributed by atoms with Crippen molar-refractivity contribution >= 4 is 0 Å². The van der Waals surface area contributed by atoms with E-state index >= 15 is 0 Å². The van der Waals surface area contributed by atoms with Crippen molar-refractivity contribution in [2.24, 2.45) is 5.92 Å². The molecule has 0 amide bonds. The fourth-order valence-corrected chi connectivity index (χ4v) is 1.90. The fraction of sp³-hybridized carbons (Fsp3) is 0.727. The van der Waals surface area contributed by atoms with Crippen LogP contribution in [-0.4, -0.2) is 16.8 Å². The van der Waals surface area contributed by atoms with Gasteiger partial charge in [-0.2, -0.15) is 5.10 Å². The summed E-state index contributed by atoms with van der Waals surface area (Å²) < 4.78 is 2.03. The SMILES string of the molecule is CNC(c1cnn(C(C)C)c1)C1CC1. The van der Waals surface area contributed by atoms with Crippen molar-refractivity contribution in [3.63, 3.8) is 0 Å². The van der Waals surface area contributed by atoms with Gasteiger partial charge in [0.1, 0.15) is 0 Å². The van der Waals surface area contributed by atoms with E-state index in [0.717, 1.165) is 5.92 Å². The van der Waals surface area contributed by atoms with Crippen molar-refractivity contribution in [1.29, 1.82) is 0 Å². The van der Waals surface area contributed by atoms with Crippen molar-refractivity contribution in [3.05, 3.63) is 18.0 Å². The van der Waals surface area contributed by atoms with Gasteiger partial charge in [0.25, 0.3) is 0 Å². The summed E-state index contributed by atoms with van der Waals surface area (Å²) >= 11 is 0. The quantitative estimate of drug-likeness (QED) is 0.794. The van der Waals surface area contributed by atoms with Gasteiger partial charge in [-0.15, -0.1) is 0 Å². The summed E-state index contributed by atoms with van der Waals surface area (Å²) in [7, 11) is 2.04. The first-order valence-corrected chi connectivity index (χ1v) is 5.43. The van der Waals surface area contributed by atoms with E-state index in [2.05, 4.69) is 30.5 Å². The molecule has 1 aliphatic carbocycles. The van der Waals surface area contributed by atoms with Crippen LogP contribution in [0.1, 0.15) is 44.3 Å². The molecule has 3 nitrogen and oxygen atoms in total. The molecule has 78 valence electrons. The van der Waals surface area contributed by atoms with E-state index in [9.17, 15) is 0 Å². The molecule has 0 radical (unpaired) electrons. The topological polar surface area (TPSA) is 29.9 Å². The van der Waals surface area contributed by atoms with Crippen LogP contribution < -0.4 is 5.32 Å². The number of nitrogens with zero attached hydrogens (tertiary/aromatic N) is 2. The monoisotopic (exact) mass is 193 g/mol. The first-order chi connectivity index (χ1) is 6.72. The fourth-order valence-electron chi connectivity index (χ4n) is 1.90. The Morgan fingerprint density at radius 2 is 2.21 bits per heavy atom. The van der Waals surface area contributed by atoms with Gasteiger partial charge in [0, 0.05) is 23.8 Å². The van der Waals surface area contributed by atoms with E-state index in [4.69, 9.17) is 0 Å². The molecule has 1 aromatic rings. The highest BCUT2D eigenvalue weighted by Crippen LogP contribution is 2.40. The number of hydrogen-bond acceptors (Lipinski definition) is 2. The third-order valence-corrected chi connectivity index (χ3v) is 2.91. The zero-order chi connectivity index (χ0) is 10.1. The first kappa shape index (κ1) is 9.71. The Morgan fingerprint density at radius 3 is 2.64 bits per heavy atom. The third-order valence-electron chi connectivity index (χ3n) is 2.91. The largest absolute Gasteiger partial charge is 0.313 e. The average molecular weight is 193 g/mol. The van der Waals surface area contributed by atoms with Crippen molar-refractivity contribution in [2.75, 3.05) is 7.05 Å². The molecule has 1 heterocycles. The maximum atomic E-state index is 4.37. The lowest BCUT2D eigenvalue weighted by Gasteiger charge is -2.12. The second-order valence-corrected chi connectivity index (χ2v) is 4.45. The smallest absolute Gasteiger partial charge is 0.0537 e. The molecule has 2 rings (SSSR count). The van der Waals surface area contributed by atoms with Gasteiger partial charge in [0.15, 0.2) is 0 Å². The summed E-state index contributed by atoms with van der Waals surface area (Å²) in [6.07, 6.45) is 6.89. The van der Waals surface area contributed by atoms with Crippen LogP contribution in [0.5, 0.6) is 0 Å². The molecule has 3 heteroatoms. The normalized spacial score (nSPS) is 18.9. The maximum absolute atomic E-state index is 4.37. The highest BCUT2D eigenvalue weighted by molar-refractivity contribution is 5.14. The van der Waals surface area contributed by atoms with Gasteiger partial charge in [-0.1, -0.05) is 0 Å². The summed E-state index contributed by atoms with van der Waals surface area (Å²) in [5.74, 6) is 0.838. The van der Waals surface area contributed by atoms with E-state index in [1.807, 2.05) is 17.9 Å². The molecule has 1 atom stereocenters. The second-order valence-electron chi connectivity index (χ2n) is 4.45. The Balaban J connectivity index is 2.13. The van der Waals surface area contributed by atoms with Gasteiger partial charge in [0.05, 0.1) is 6.20 Å². The molecule has 1 N–H and O–H groups in total. The molecule has 0 spiro atoms. The number of rotatable bonds is 4. The lowest BCUT2D eigenvalue weighted by molar-refractivity contribution is 0.516. The number of nitrogens with one attached hydrogen (secondary N) is 1. The minimum atomic E-state index is 0.459. The molecule has 14 heavy (non-hydrogen) atoms. The van der Waals surface area contributed by atoms with Crippen molar-refractivity contribution in [3.8, 4) is 0 Å². The van der Waals surface area contributed by atoms with E-state index in [0.29, 0.717) is 12.1 Å². The molecular weight excluding hydrogens is 174 g/mol. The lowest BCUT2D eigenvalue weighted by atomic mass is 10.1. The molecule has 0 bridgehead atoms. The molecule has 1 saturated carbocycles. The van der Waals surface area contributed by atoms with Crippen molar-refractivity contribution in [2.45, 2.75) is 38.8 Å². The molecule has 1 aromatic heterocycles. The van der Waals surface area contributed by atoms with Crippen molar-refractivity contribution in [1.82, 2.24) is 15.1 Å². The molecule has 1 aliphatic rings. The predicted octanol–water partition coefficient (Wildman–Crippen LogP) is 2.13. The van der Waals surface area contributed by atoms with Gasteiger partial charge in [-0.25, -0.2) is 0 Å². The predicted molar refractivity (Wildman–Crippen MR) is 57.1 cm³/mol. The van der Waals surface area contributed by atoms with Crippen LogP contribution in [0.2, 0.25) is 0 Å². The lowest BCUT2D eigenvalue weighted by Crippen LogP contribution is -2.17. The molecule has 0 saturated heterocycles. The highest BCUT2D eigenvalue weighted by Gasteiger charge is 2.31. The Morgan fingerprint density at radius 1 is 1.50 bits per heavy atom. The first-order valence-electron chi connectivity index (χ1n) is 5.43. The van der Waals surface area contributed by atoms with Crippen LogP contribution in [0.4, 0.5) is 0 Å². The molecule has 0 aliphatic heterocycles. The van der Waals surface area contributed by atoms with Crippen LogP contribution in [-0.2, 0) is 0 Å². The molecule has 1 fully saturated rings. The zero-order valence-corrected chi connectivity index (χ0v) is 9.20. The maximum Gasteiger partial charge on any atom is 0.0537 e. The molecule has 0 aromatic carbocycles. The Bertz CT molecular complexity index is 299. The van der Waals surface area contributed by atoms with Gasteiger partial charge in [0.2, 0.25) is 0 Å². The minimum Gasteiger partial charge on any atom is -0.313 e. The van der Waals surface area contributed by atoms with Gasteiger partial charge in [-0.05, 0) is 39.7 Å². The standard InChI is InChI=1S/C11H19N3/c1-8(2)14-7-10(6-13-14)11(12-3)9-4-5-9/h6-9,11-12H,4-5H2,1-3H3. The van der Waals surface area contributed by atoms with Gasteiger partial charge >= 0.3 is 0 Å². The summed E-state index contributed by atoms with van der Waals surface area (Å²) in [5.41, 5.74) is 1.34. The summed E-state index contributed by atoms with van der Waals surface area (Å²) in [4.78, 5) is 0. The van der Waals surface area contributed by atoms with Crippen LogP contribution in [0.25, 0.3) is 0 Å².